The van der Waals surface area contributed by atoms with Crippen LogP contribution in [-0.4, -0.2) is 21.7 Å². The number of pyridine rings is 1. The Labute approximate surface area is 116 Å². The van der Waals surface area contributed by atoms with E-state index in [2.05, 4.69) is 4.98 Å². The van der Waals surface area contributed by atoms with Crippen molar-refractivity contribution in [1.82, 2.24) is 9.88 Å². The monoisotopic (exact) mass is 267 g/mol. The topological polar surface area (TPSA) is 76.3 Å². The molecule has 0 saturated carbocycles. The number of amides is 2. The molecule has 2 aromatic rings. The van der Waals surface area contributed by atoms with Gasteiger partial charge >= 0.3 is 0 Å². The van der Waals surface area contributed by atoms with Crippen LogP contribution in [-0.2, 0) is 6.54 Å². The van der Waals surface area contributed by atoms with Gasteiger partial charge in [-0.1, -0.05) is 6.07 Å². The van der Waals surface area contributed by atoms with Crippen molar-refractivity contribution in [1.29, 1.82) is 0 Å². The van der Waals surface area contributed by atoms with E-state index in [9.17, 15) is 9.59 Å². The largest absolute Gasteiger partial charge is 0.399 e. The first-order chi connectivity index (χ1) is 9.56. The van der Waals surface area contributed by atoms with Crippen molar-refractivity contribution < 1.29 is 9.59 Å². The molecule has 1 aromatic heterocycles. The third-order valence-corrected chi connectivity index (χ3v) is 3.27. The van der Waals surface area contributed by atoms with E-state index < -0.39 is 0 Å². The summed E-state index contributed by atoms with van der Waals surface area (Å²) >= 11 is 0. The Morgan fingerprint density at radius 3 is 2.60 bits per heavy atom. The molecule has 1 aromatic carbocycles. The number of anilines is 1. The van der Waals surface area contributed by atoms with E-state index in [0.717, 1.165) is 11.1 Å². The molecule has 20 heavy (non-hydrogen) atoms. The molecule has 0 spiro atoms. The molecule has 5 nitrogen and oxygen atoms in total. The number of benzene rings is 1. The first kappa shape index (κ1) is 12.3. The minimum atomic E-state index is -0.307. The van der Waals surface area contributed by atoms with Crippen LogP contribution in [0.25, 0.3) is 0 Å². The van der Waals surface area contributed by atoms with Crippen LogP contribution in [0.5, 0.6) is 0 Å². The molecule has 0 atom stereocenters. The smallest absolute Gasteiger partial charge is 0.261 e. The molecule has 2 heterocycles. The predicted octanol–water partition coefficient (Wildman–Crippen LogP) is 1.77. The summed E-state index contributed by atoms with van der Waals surface area (Å²) in [5.74, 6) is -0.592. The molecule has 100 valence electrons. The standard InChI is InChI=1S/C15H13N3O2/c1-9-4-10(7-17-6-9)8-18-14(19)12-3-2-11(16)5-13(12)15(18)20/h2-7H,8,16H2,1H3. The number of carbonyl (C=O) groups is 2. The number of hydrogen-bond acceptors (Lipinski definition) is 4. The van der Waals surface area contributed by atoms with Gasteiger partial charge in [-0.15, -0.1) is 0 Å². The van der Waals surface area contributed by atoms with Gasteiger partial charge in [0.2, 0.25) is 0 Å². The maximum absolute atomic E-state index is 12.3. The lowest BCUT2D eigenvalue weighted by atomic mass is 10.1. The summed E-state index contributed by atoms with van der Waals surface area (Å²) in [6.45, 7) is 2.14. The summed E-state index contributed by atoms with van der Waals surface area (Å²) < 4.78 is 0. The van der Waals surface area contributed by atoms with Gasteiger partial charge in [-0.2, -0.15) is 0 Å². The van der Waals surface area contributed by atoms with Gasteiger partial charge in [0.1, 0.15) is 0 Å². The lowest BCUT2D eigenvalue weighted by Crippen LogP contribution is -2.29. The van der Waals surface area contributed by atoms with Gasteiger partial charge < -0.3 is 5.73 Å². The van der Waals surface area contributed by atoms with Crippen molar-refractivity contribution in [3.05, 3.63) is 58.9 Å². The third kappa shape index (κ3) is 1.93. The maximum atomic E-state index is 12.3. The van der Waals surface area contributed by atoms with Crippen LogP contribution in [0.4, 0.5) is 5.69 Å². The van der Waals surface area contributed by atoms with Crippen molar-refractivity contribution in [3.63, 3.8) is 0 Å². The Morgan fingerprint density at radius 2 is 1.85 bits per heavy atom. The quantitative estimate of drug-likeness (QED) is 0.664. The van der Waals surface area contributed by atoms with Crippen molar-refractivity contribution in [2.24, 2.45) is 0 Å². The summed E-state index contributed by atoms with van der Waals surface area (Å²) in [6, 6.07) is 6.68. The minimum Gasteiger partial charge on any atom is -0.399 e. The second-order valence-electron chi connectivity index (χ2n) is 4.87. The summed E-state index contributed by atoms with van der Waals surface area (Å²) in [6.07, 6.45) is 3.39. The molecule has 0 saturated heterocycles. The van der Waals surface area contributed by atoms with Gasteiger partial charge in [0.15, 0.2) is 0 Å². The maximum Gasteiger partial charge on any atom is 0.261 e. The van der Waals surface area contributed by atoms with Gasteiger partial charge in [0, 0.05) is 18.1 Å². The Bertz CT molecular complexity index is 725. The summed E-state index contributed by atoms with van der Waals surface area (Å²) in [7, 11) is 0. The molecule has 2 N–H and O–H groups in total. The van der Waals surface area contributed by atoms with Crippen LogP contribution in [0.3, 0.4) is 0 Å². The van der Waals surface area contributed by atoms with Gasteiger partial charge in [-0.25, -0.2) is 0 Å². The molecule has 0 fully saturated rings. The highest BCUT2D eigenvalue weighted by molar-refractivity contribution is 6.21. The average Bonchev–Trinajstić information content (AvgIpc) is 2.64. The third-order valence-electron chi connectivity index (χ3n) is 3.27. The van der Waals surface area contributed by atoms with E-state index >= 15 is 0 Å². The second kappa shape index (κ2) is 4.45. The minimum absolute atomic E-state index is 0.223. The number of nitrogens with zero attached hydrogens (tertiary/aromatic N) is 2. The number of fused-ring (bicyclic) bond motifs is 1. The van der Waals surface area contributed by atoms with Crippen LogP contribution in [0.15, 0.2) is 36.7 Å². The van der Waals surface area contributed by atoms with Crippen LogP contribution in [0.2, 0.25) is 0 Å². The number of imide groups is 1. The van der Waals surface area contributed by atoms with E-state index in [1.807, 2.05) is 13.0 Å². The first-order valence-electron chi connectivity index (χ1n) is 6.22. The molecular weight excluding hydrogens is 254 g/mol. The number of aromatic nitrogens is 1. The number of nitrogens with two attached hydrogens (primary N) is 1. The SMILES string of the molecule is Cc1cncc(CN2C(=O)c3ccc(N)cc3C2=O)c1. The van der Waals surface area contributed by atoms with E-state index in [-0.39, 0.29) is 18.4 Å². The number of hydrogen-bond donors (Lipinski definition) is 1. The highest BCUT2D eigenvalue weighted by Crippen LogP contribution is 2.26. The Balaban J connectivity index is 1.94. The second-order valence-corrected chi connectivity index (χ2v) is 4.87. The molecule has 0 radical (unpaired) electrons. The Kier molecular flexibility index (Phi) is 2.75. The fraction of sp³-hybridized carbons (Fsp3) is 0.133. The molecule has 3 rings (SSSR count). The molecule has 1 aliphatic heterocycles. The summed E-state index contributed by atoms with van der Waals surface area (Å²) in [4.78, 5) is 29.8. The Morgan fingerprint density at radius 1 is 1.10 bits per heavy atom. The zero-order valence-electron chi connectivity index (χ0n) is 11.0. The zero-order valence-corrected chi connectivity index (χ0v) is 11.0. The van der Waals surface area contributed by atoms with Crippen LogP contribution >= 0.6 is 0 Å². The van der Waals surface area contributed by atoms with E-state index in [4.69, 9.17) is 5.73 Å². The van der Waals surface area contributed by atoms with Crippen molar-refractivity contribution in [3.8, 4) is 0 Å². The van der Waals surface area contributed by atoms with Gasteiger partial charge in [0.25, 0.3) is 11.8 Å². The fourth-order valence-corrected chi connectivity index (χ4v) is 2.34. The van der Waals surface area contributed by atoms with Crippen LogP contribution in [0, 0.1) is 6.92 Å². The lowest BCUT2D eigenvalue weighted by Gasteiger charge is -2.13. The highest BCUT2D eigenvalue weighted by Gasteiger charge is 2.35. The summed E-state index contributed by atoms with van der Waals surface area (Å²) in [5.41, 5.74) is 8.73. The van der Waals surface area contributed by atoms with E-state index in [0.29, 0.717) is 16.8 Å². The molecule has 1 aliphatic rings. The molecule has 5 heteroatoms. The zero-order chi connectivity index (χ0) is 14.3. The molecule has 2 amide bonds. The molecular formula is C15H13N3O2. The van der Waals surface area contributed by atoms with Crippen molar-refractivity contribution in [2.45, 2.75) is 13.5 Å². The average molecular weight is 267 g/mol. The van der Waals surface area contributed by atoms with E-state index in [1.165, 1.54) is 4.90 Å². The van der Waals surface area contributed by atoms with Gasteiger partial charge in [-0.05, 0) is 36.2 Å². The van der Waals surface area contributed by atoms with Crippen molar-refractivity contribution >= 4 is 17.5 Å². The Hall–Kier alpha value is -2.69. The molecule has 0 aliphatic carbocycles. The molecule has 0 unspecified atom stereocenters. The van der Waals surface area contributed by atoms with Crippen LogP contribution in [0.1, 0.15) is 31.8 Å². The highest BCUT2D eigenvalue weighted by atomic mass is 16.2. The normalized spacial score (nSPS) is 13.8. The van der Waals surface area contributed by atoms with Gasteiger partial charge in [0.05, 0.1) is 17.7 Å². The first-order valence-corrected chi connectivity index (χ1v) is 6.22. The lowest BCUT2D eigenvalue weighted by molar-refractivity contribution is 0.0642. The summed E-state index contributed by atoms with van der Waals surface area (Å²) in [5, 5.41) is 0. The fourth-order valence-electron chi connectivity index (χ4n) is 2.34. The number of carbonyl (C=O) groups excluding carboxylic acids is 2. The number of aryl methyl sites for hydroxylation is 1. The van der Waals surface area contributed by atoms with Crippen molar-refractivity contribution in [2.75, 3.05) is 5.73 Å². The number of rotatable bonds is 2. The van der Waals surface area contributed by atoms with Gasteiger partial charge in [-0.3, -0.25) is 19.5 Å². The van der Waals surface area contributed by atoms with E-state index in [1.54, 1.807) is 30.6 Å². The van der Waals surface area contributed by atoms with Crippen LogP contribution < -0.4 is 5.73 Å². The number of nitrogen functional groups attached to an aromatic ring is 1. The predicted molar refractivity (Wildman–Crippen MR) is 74.0 cm³/mol. The molecule has 0 bridgehead atoms.